The van der Waals surface area contributed by atoms with Gasteiger partial charge in [0.2, 0.25) is 0 Å². The zero-order valence-corrected chi connectivity index (χ0v) is 16.4. The van der Waals surface area contributed by atoms with Crippen LogP contribution in [0, 0.1) is 0 Å². The van der Waals surface area contributed by atoms with Crippen molar-refractivity contribution in [2.45, 2.75) is 89.1 Å². The molecule has 0 saturated heterocycles. The third-order valence-electron chi connectivity index (χ3n) is 5.17. The SMILES string of the molecule is CCCC(C)PC(CC)CN(C)C1CCCCC1N(C)C. The fourth-order valence-corrected chi connectivity index (χ4v) is 5.80. The van der Waals surface area contributed by atoms with Crippen molar-refractivity contribution in [3.8, 4) is 0 Å². The molecule has 0 radical (unpaired) electrons. The summed E-state index contributed by atoms with van der Waals surface area (Å²) in [6.07, 6.45) is 9.70. The standard InChI is InChI=1S/C18H39N2P/c1-7-11-15(3)21-16(8-2)14-20(6)18-13-10-9-12-17(18)19(4)5/h15-18,21H,7-14H2,1-6H3. The molecule has 0 aromatic rings. The minimum Gasteiger partial charge on any atom is -0.305 e. The molecule has 5 unspecified atom stereocenters. The number of likely N-dealkylation sites (N-methyl/N-ethyl adjacent to an activating group) is 2. The van der Waals surface area contributed by atoms with Gasteiger partial charge in [0.15, 0.2) is 0 Å². The van der Waals surface area contributed by atoms with E-state index in [1.807, 2.05) is 0 Å². The summed E-state index contributed by atoms with van der Waals surface area (Å²) in [4.78, 5) is 5.16. The summed E-state index contributed by atoms with van der Waals surface area (Å²) in [7, 11) is 8.05. The molecular formula is C18H39N2P. The zero-order valence-electron chi connectivity index (χ0n) is 15.4. The number of hydrogen-bond acceptors (Lipinski definition) is 2. The molecule has 3 heteroatoms. The Balaban J connectivity index is 2.53. The van der Waals surface area contributed by atoms with Crippen LogP contribution in [0.25, 0.3) is 0 Å². The second-order valence-electron chi connectivity index (χ2n) is 7.28. The average Bonchev–Trinajstić information content (AvgIpc) is 2.46. The van der Waals surface area contributed by atoms with Gasteiger partial charge in [-0.15, -0.1) is 8.58 Å². The van der Waals surface area contributed by atoms with Crippen LogP contribution in [-0.2, 0) is 0 Å². The molecule has 0 bridgehead atoms. The van der Waals surface area contributed by atoms with Gasteiger partial charge in [-0.1, -0.05) is 40.0 Å². The Morgan fingerprint density at radius 1 is 1.05 bits per heavy atom. The maximum Gasteiger partial charge on any atom is 0.0248 e. The van der Waals surface area contributed by atoms with Crippen LogP contribution in [0.5, 0.6) is 0 Å². The summed E-state index contributed by atoms with van der Waals surface area (Å²) in [6.45, 7) is 8.46. The van der Waals surface area contributed by atoms with Crippen LogP contribution in [0.1, 0.15) is 65.7 Å². The predicted octanol–water partition coefficient (Wildman–Crippen LogP) is 4.44. The molecule has 1 aliphatic carbocycles. The van der Waals surface area contributed by atoms with Crippen LogP contribution in [0.2, 0.25) is 0 Å². The van der Waals surface area contributed by atoms with Crippen LogP contribution >= 0.6 is 8.58 Å². The van der Waals surface area contributed by atoms with Gasteiger partial charge in [-0.2, -0.15) is 0 Å². The summed E-state index contributed by atoms with van der Waals surface area (Å²) < 4.78 is 0. The van der Waals surface area contributed by atoms with Gasteiger partial charge in [0.05, 0.1) is 0 Å². The van der Waals surface area contributed by atoms with Crippen LogP contribution in [0.3, 0.4) is 0 Å². The van der Waals surface area contributed by atoms with E-state index in [4.69, 9.17) is 0 Å². The first kappa shape index (κ1) is 19.4. The van der Waals surface area contributed by atoms with Crippen molar-refractivity contribution in [1.29, 1.82) is 0 Å². The summed E-state index contributed by atoms with van der Waals surface area (Å²) >= 11 is 0. The van der Waals surface area contributed by atoms with Crippen molar-refractivity contribution < 1.29 is 0 Å². The molecular weight excluding hydrogens is 275 g/mol. The third kappa shape index (κ3) is 6.55. The first-order chi connectivity index (χ1) is 9.99. The highest BCUT2D eigenvalue weighted by atomic mass is 31.1. The van der Waals surface area contributed by atoms with Crippen molar-refractivity contribution in [3.05, 3.63) is 0 Å². The summed E-state index contributed by atoms with van der Waals surface area (Å²) in [5.41, 5.74) is 1.82. The van der Waals surface area contributed by atoms with Crippen molar-refractivity contribution in [3.63, 3.8) is 0 Å². The molecule has 0 aliphatic heterocycles. The lowest BCUT2D eigenvalue weighted by molar-refractivity contribution is 0.0923. The van der Waals surface area contributed by atoms with E-state index in [0.717, 1.165) is 32.0 Å². The zero-order chi connectivity index (χ0) is 15.8. The second-order valence-corrected chi connectivity index (χ2v) is 9.42. The normalized spacial score (nSPS) is 26.9. The molecule has 5 atom stereocenters. The predicted molar refractivity (Wildman–Crippen MR) is 99.1 cm³/mol. The summed E-state index contributed by atoms with van der Waals surface area (Å²) in [5, 5.41) is 0. The summed E-state index contributed by atoms with van der Waals surface area (Å²) in [5.74, 6) is 0. The van der Waals surface area contributed by atoms with Gasteiger partial charge in [0.25, 0.3) is 0 Å². The van der Waals surface area contributed by atoms with E-state index in [9.17, 15) is 0 Å². The van der Waals surface area contributed by atoms with E-state index in [1.165, 1.54) is 51.5 Å². The molecule has 0 aromatic carbocycles. The van der Waals surface area contributed by atoms with Gasteiger partial charge in [-0.25, -0.2) is 0 Å². The van der Waals surface area contributed by atoms with Crippen LogP contribution in [0.4, 0.5) is 0 Å². The lowest BCUT2D eigenvalue weighted by Gasteiger charge is -2.42. The molecule has 0 spiro atoms. The molecule has 0 aromatic heterocycles. The van der Waals surface area contributed by atoms with Crippen molar-refractivity contribution >= 4 is 8.58 Å². The van der Waals surface area contributed by atoms with Gasteiger partial charge in [-0.3, -0.25) is 0 Å². The van der Waals surface area contributed by atoms with Crippen molar-refractivity contribution in [2.24, 2.45) is 0 Å². The molecule has 126 valence electrons. The maximum atomic E-state index is 2.70. The van der Waals surface area contributed by atoms with E-state index in [0.29, 0.717) is 0 Å². The molecule has 1 saturated carbocycles. The van der Waals surface area contributed by atoms with E-state index >= 15 is 0 Å². The first-order valence-corrected chi connectivity index (χ1v) is 10.3. The largest absolute Gasteiger partial charge is 0.305 e. The van der Waals surface area contributed by atoms with Crippen molar-refractivity contribution in [2.75, 3.05) is 27.7 Å². The highest BCUT2D eigenvalue weighted by Crippen LogP contribution is 2.33. The Morgan fingerprint density at radius 3 is 2.19 bits per heavy atom. The number of hydrogen-bond donors (Lipinski definition) is 0. The monoisotopic (exact) mass is 314 g/mol. The van der Waals surface area contributed by atoms with Crippen LogP contribution in [0.15, 0.2) is 0 Å². The smallest absolute Gasteiger partial charge is 0.0248 e. The molecule has 1 rings (SSSR count). The Morgan fingerprint density at radius 2 is 1.67 bits per heavy atom. The molecule has 0 N–H and O–H groups in total. The minimum absolute atomic E-state index is 0.762. The Bertz CT molecular complexity index is 270. The highest BCUT2D eigenvalue weighted by Gasteiger charge is 2.30. The molecule has 0 amide bonds. The molecule has 1 fully saturated rings. The summed E-state index contributed by atoms with van der Waals surface area (Å²) in [6, 6.07) is 1.53. The van der Waals surface area contributed by atoms with Crippen molar-refractivity contribution in [1.82, 2.24) is 9.80 Å². The topological polar surface area (TPSA) is 6.48 Å². The van der Waals surface area contributed by atoms with Gasteiger partial charge >= 0.3 is 0 Å². The molecule has 0 heterocycles. The van der Waals surface area contributed by atoms with Gasteiger partial charge in [0, 0.05) is 18.6 Å². The highest BCUT2D eigenvalue weighted by molar-refractivity contribution is 7.39. The number of rotatable bonds is 9. The minimum atomic E-state index is 0.762. The quantitative estimate of drug-likeness (QED) is 0.581. The lowest BCUT2D eigenvalue weighted by atomic mass is 9.88. The molecule has 2 nitrogen and oxygen atoms in total. The molecule has 1 aliphatic rings. The fourth-order valence-electron chi connectivity index (χ4n) is 3.91. The van der Waals surface area contributed by atoms with Crippen LogP contribution < -0.4 is 0 Å². The van der Waals surface area contributed by atoms with Gasteiger partial charge in [0.1, 0.15) is 0 Å². The Kier molecular flexibility index (Phi) is 9.41. The van der Waals surface area contributed by atoms with E-state index < -0.39 is 0 Å². The lowest BCUT2D eigenvalue weighted by Crippen LogP contribution is -2.51. The Hall–Kier alpha value is 0.350. The first-order valence-electron chi connectivity index (χ1n) is 9.12. The van der Waals surface area contributed by atoms with Gasteiger partial charge in [-0.05, 0) is 58.1 Å². The fraction of sp³-hybridized carbons (Fsp3) is 1.00. The maximum absolute atomic E-state index is 2.70. The van der Waals surface area contributed by atoms with E-state index in [1.54, 1.807) is 0 Å². The molecule has 21 heavy (non-hydrogen) atoms. The average molecular weight is 314 g/mol. The van der Waals surface area contributed by atoms with E-state index in [-0.39, 0.29) is 0 Å². The van der Waals surface area contributed by atoms with E-state index in [2.05, 4.69) is 51.7 Å². The van der Waals surface area contributed by atoms with Gasteiger partial charge < -0.3 is 9.80 Å². The third-order valence-corrected chi connectivity index (χ3v) is 7.09. The number of nitrogens with zero attached hydrogens (tertiary/aromatic N) is 2. The Labute approximate surface area is 135 Å². The van der Waals surface area contributed by atoms with Crippen LogP contribution in [-0.4, -0.2) is 60.9 Å². The second kappa shape index (κ2) is 10.2.